The van der Waals surface area contributed by atoms with Gasteiger partial charge in [0.25, 0.3) is 5.91 Å². The van der Waals surface area contributed by atoms with Gasteiger partial charge in [-0.25, -0.2) is 4.98 Å². The number of nitrogens with zero attached hydrogens (tertiary/aromatic N) is 3. The number of amides is 1. The number of para-hydroxylation sites is 1. The zero-order chi connectivity index (χ0) is 19.2. The van der Waals surface area contributed by atoms with Crippen LogP contribution in [0.2, 0.25) is 0 Å². The van der Waals surface area contributed by atoms with Crippen molar-refractivity contribution in [1.82, 2.24) is 19.8 Å². The van der Waals surface area contributed by atoms with Crippen LogP contribution in [0.1, 0.15) is 22.1 Å². The molecule has 0 saturated carbocycles. The summed E-state index contributed by atoms with van der Waals surface area (Å²) in [6.07, 6.45) is 3.23. The second kappa shape index (κ2) is 8.51. The number of carbonyl (C=O) groups excluding carboxylic acids is 1. The molecule has 27 heavy (non-hydrogen) atoms. The van der Waals surface area contributed by atoms with Crippen molar-refractivity contribution >= 4 is 5.91 Å². The van der Waals surface area contributed by atoms with Crippen LogP contribution in [0.15, 0.2) is 67.1 Å². The van der Waals surface area contributed by atoms with Crippen LogP contribution in [0, 0.1) is 0 Å². The molecule has 1 atom stereocenters. The Morgan fingerprint density at radius 3 is 2.67 bits per heavy atom. The monoisotopic (exact) mass is 364 g/mol. The molecule has 1 unspecified atom stereocenters. The van der Waals surface area contributed by atoms with Crippen LogP contribution in [-0.2, 0) is 0 Å². The van der Waals surface area contributed by atoms with Gasteiger partial charge in [-0.2, -0.15) is 0 Å². The summed E-state index contributed by atoms with van der Waals surface area (Å²) in [5, 5.41) is 3.03. The van der Waals surface area contributed by atoms with Crippen LogP contribution in [0.3, 0.4) is 0 Å². The molecular formula is C21H24N4O2. The van der Waals surface area contributed by atoms with Crippen molar-refractivity contribution in [2.45, 2.75) is 6.04 Å². The fourth-order valence-corrected chi connectivity index (χ4v) is 2.98. The molecule has 0 bridgehead atoms. The highest BCUT2D eigenvalue weighted by Gasteiger charge is 2.18. The molecule has 0 aliphatic rings. The Bertz CT molecular complexity index is 890. The predicted molar refractivity (Wildman–Crippen MR) is 105 cm³/mol. The molecule has 6 heteroatoms. The lowest BCUT2D eigenvalue weighted by Gasteiger charge is -2.25. The smallest absolute Gasteiger partial charge is 0.269 e. The van der Waals surface area contributed by atoms with E-state index in [4.69, 9.17) is 4.74 Å². The van der Waals surface area contributed by atoms with E-state index >= 15 is 0 Å². The van der Waals surface area contributed by atoms with Gasteiger partial charge in [0.15, 0.2) is 0 Å². The van der Waals surface area contributed by atoms with Gasteiger partial charge in [0.2, 0.25) is 0 Å². The first kappa shape index (κ1) is 18.7. The van der Waals surface area contributed by atoms with Gasteiger partial charge >= 0.3 is 0 Å². The number of hydrogen-bond donors (Lipinski definition) is 1. The molecule has 2 aromatic carbocycles. The fourth-order valence-electron chi connectivity index (χ4n) is 2.98. The average Bonchev–Trinajstić information content (AvgIpc) is 3.18. The van der Waals surface area contributed by atoms with E-state index in [1.54, 1.807) is 24.2 Å². The minimum Gasteiger partial charge on any atom is -0.497 e. The number of imidazole rings is 1. The number of nitrogens with one attached hydrogen (secondary N) is 1. The van der Waals surface area contributed by atoms with E-state index in [1.165, 1.54) is 0 Å². The van der Waals surface area contributed by atoms with Crippen molar-refractivity contribution in [2.75, 3.05) is 27.7 Å². The van der Waals surface area contributed by atoms with Crippen molar-refractivity contribution in [2.24, 2.45) is 0 Å². The van der Waals surface area contributed by atoms with Crippen molar-refractivity contribution in [3.8, 4) is 11.4 Å². The highest BCUT2D eigenvalue weighted by molar-refractivity contribution is 5.93. The first-order valence-electron chi connectivity index (χ1n) is 8.76. The number of aromatic nitrogens is 2. The quantitative estimate of drug-likeness (QED) is 0.700. The fraction of sp³-hybridized carbons (Fsp3) is 0.238. The van der Waals surface area contributed by atoms with Crippen LogP contribution < -0.4 is 10.1 Å². The maximum atomic E-state index is 12.8. The zero-order valence-electron chi connectivity index (χ0n) is 15.8. The number of benzene rings is 2. The van der Waals surface area contributed by atoms with Crippen molar-refractivity contribution in [3.05, 3.63) is 78.4 Å². The molecule has 0 saturated heterocycles. The molecule has 0 aliphatic carbocycles. The molecule has 0 aliphatic heterocycles. The highest BCUT2D eigenvalue weighted by atomic mass is 16.5. The first-order valence-corrected chi connectivity index (χ1v) is 8.76. The van der Waals surface area contributed by atoms with Crippen molar-refractivity contribution < 1.29 is 9.53 Å². The molecule has 0 spiro atoms. The maximum Gasteiger partial charge on any atom is 0.269 e. The van der Waals surface area contributed by atoms with Crippen LogP contribution in [0.4, 0.5) is 0 Å². The molecule has 3 rings (SSSR count). The Morgan fingerprint density at radius 2 is 1.96 bits per heavy atom. The van der Waals surface area contributed by atoms with E-state index in [0.717, 1.165) is 17.0 Å². The molecule has 1 aromatic heterocycles. The van der Waals surface area contributed by atoms with Gasteiger partial charge in [0.05, 0.1) is 25.7 Å². The lowest BCUT2D eigenvalue weighted by Crippen LogP contribution is -2.35. The Morgan fingerprint density at radius 1 is 1.19 bits per heavy atom. The topological polar surface area (TPSA) is 59.4 Å². The van der Waals surface area contributed by atoms with E-state index in [-0.39, 0.29) is 11.9 Å². The van der Waals surface area contributed by atoms with E-state index in [1.807, 2.05) is 68.7 Å². The highest BCUT2D eigenvalue weighted by Crippen LogP contribution is 2.22. The molecule has 0 fully saturated rings. The van der Waals surface area contributed by atoms with Gasteiger partial charge < -0.3 is 15.0 Å². The minimum absolute atomic E-state index is 0.0251. The van der Waals surface area contributed by atoms with Gasteiger partial charge in [-0.15, -0.1) is 0 Å². The number of methoxy groups -OCH3 is 1. The number of rotatable bonds is 7. The van der Waals surface area contributed by atoms with Gasteiger partial charge in [0, 0.05) is 12.2 Å². The largest absolute Gasteiger partial charge is 0.497 e. The lowest BCUT2D eigenvalue weighted by atomic mass is 10.1. The second-order valence-electron chi connectivity index (χ2n) is 6.45. The average molecular weight is 364 g/mol. The molecular weight excluding hydrogens is 340 g/mol. The summed E-state index contributed by atoms with van der Waals surface area (Å²) in [5.41, 5.74) is 2.48. The second-order valence-corrected chi connectivity index (χ2v) is 6.45. The molecule has 0 radical (unpaired) electrons. The Balaban J connectivity index is 1.75. The lowest BCUT2D eigenvalue weighted by molar-refractivity contribution is 0.0935. The van der Waals surface area contributed by atoms with Crippen molar-refractivity contribution in [1.29, 1.82) is 0 Å². The minimum atomic E-state index is -0.161. The third-order valence-electron chi connectivity index (χ3n) is 4.46. The van der Waals surface area contributed by atoms with Crippen LogP contribution in [-0.4, -0.2) is 48.1 Å². The normalized spacial score (nSPS) is 12.0. The Kier molecular flexibility index (Phi) is 5.88. The Labute approximate surface area is 159 Å². The summed E-state index contributed by atoms with van der Waals surface area (Å²) >= 11 is 0. The Hall–Kier alpha value is -3.12. The summed E-state index contributed by atoms with van der Waals surface area (Å²) in [6.45, 7) is 0.471. The van der Waals surface area contributed by atoms with Gasteiger partial charge in [0.1, 0.15) is 11.4 Å². The number of likely N-dealkylation sites (N-methyl/N-ethyl adjacent to an activating group) is 1. The van der Waals surface area contributed by atoms with Crippen LogP contribution in [0.5, 0.6) is 5.75 Å². The summed E-state index contributed by atoms with van der Waals surface area (Å²) in [6, 6.07) is 17.6. The molecule has 1 amide bonds. The summed E-state index contributed by atoms with van der Waals surface area (Å²) in [7, 11) is 5.63. The van der Waals surface area contributed by atoms with E-state index in [9.17, 15) is 4.79 Å². The summed E-state index contributed by atoms with van der Waals surface area (Å²) in [5.74, 6) is 0.638. The molecule has 6 nitrogen and oxygen atoms in total. The van der Waals surface area contributed by atoms with E-state index < -0.39 is 0 Å². The number of ether oxygens (including phenoxy) is 1. The summed E-state index contributed by atoms with van der Waals surface area (Å²) < 4.78 is 7.10. The zero-order valence-corrected chi connectivity index (χ0v) is 15.8. The van der Waals surface area contributed by atoms with E-state index in [0.29, 0.717) is 12.2 Å². The number of carbonyl (C=O) groups is 1. The van der Waals surface area contributed by atoms with Gasteiger partial charge in [-0.3, -0.25) is 9.36 Å². The van der Waals surface area contributed by atoms with Gasteiger partial charge in [-0.05, 0) is 43.9 Å². The SMILES string of the molecule is COc1cccc(C(CNC(=O)c2cncn2-c2ccccc2)N(C)C)c1. The van der Waals surface area contributed by atoms with Crippen LogP contribution >= 0.6 is 0 Å². The first-order chi connectivity index (χ1) is 13.1. The molecule has 1 heterocycles. The number of hydrogen-bond acceptors (Lipinski definition) is 4. The third-order valence-corrected chi connectivity index (χ3v) is 4.46. The standard InChI is InChI=1S/C21H24N4O2/c1-24(2)19(16-8-7-11-18(12-16)27-3)14-23-21(26)20-13-22-15-25(20)17-9-5-4-6-10-17/h4-13,15,19H,14H2,1-3H3,(H,23,26). The predicted octanol–water partition coefficient (Wildman–Crippen LogP) is 2.91. The molecule has 140 valence electrons. The van der Waals surface area contributed by atoms with Gasteiger partial charge in [-0.1, -0.05) is 30.3 Å². The van der Waals surface area contributed by atoms with Crippen LogP contribution in [0.25, 0.3) is 5.69 Å². The van der Waals surface area contributed by atoms with E-state index in [2.05, 4.69) is 15.2 Å². The third kappa shape index (κ3) is 4.35. The molecule has 3 aromatic rings. The summed E-state index contributed by atoms with van der Waals surface area (Å²) in [4.78, 5) is 19.0. The van der Waals surface area contributed by atoms with Crippen molar-refractivity contribution in [3.63, 3.8) is 0 Å². The maximum absolute atomic E-state index is 12.8. The molecule has 1 N–H and O–H groups in total.